The van der Waals surface area contributed by atoms with E-state index in [4.69, 9.17) is 4.74 Å². The first kappa shape index (κ1) is 20.8. The normalized spacial score (nSPS) is 14.1. The van der Waals surface area contributed by atoms with Gasteiger partial charge in [0.05, 0.1) is 24.0 Å². The number of carbonyl (C=O) groups excluding carboxylic acids is 2. The first-order valence-corrected chi connectivity index (χ1v) is 10.6. The van der Waals surface area contributed by atoms with Crippen molar-refractivity contribution in [3.05, 3.63) is 88.7 Å². The zero-order valence-electron chi connectivity index (χ0n) is 17.9. The minimum Gasteiger partial charge on any atom is -0.452 e. The van der Waals surface area contributed by atoms with Crippen LogP contribution in [0.15, 0.2) is 60.7 Å². The van der Waals surface area contributed by atoms with E-state index in [0.717, 1.165) is 29.7 Å². The summed E-state index contributed by atoms with van der Waals surface area (Å²) < 4.78 is 7.14. The molecule has 160 valence electrons. The molecule has 1 saturated carbocycles. The highest BCUT2D eigenvalue weighted by Crippen LogP contribution is 2.40. The first-order chi connectivity index (χ1) is 15.0. The zero-order chi connectivity index (χ0) is 21.8. The van der Waals surface area contributed by atoms with Gasteiger partial charge in [-0.15, -0.1) is 0 Å². The third-order valence-electron chi connectivity index (χ3n) is 5.66. The molecule has 6 nitrogen and oxygen atoms in total. The summed E-state index contributed by atoms with van der Waals surface area (Å²) >= 11 is 0. The Hall–Kier alpha value is -3.41. The minimum atomic E-state index is -0.521. The van der Waals surface area contributed by atoms with Crippen LogP contribution in [0.1, 0.15) is 51.8 Å². The van der Waals surface area contributed by atoms with Gasteiger partial charge in [-0.1, -0.05) is 60.7 Å². The van der Waals surface area contributed by atoms with Crippen LogP contribution in [0.3, 0.4) is 0 Å². The van der Waals surface area contributed by atoms with Crippen molar-refractivity contribution in [2.75, 3.05) is 6.61 Å². The summed E-state index contributed by atoms with van der Waals surface area (Å²) in [6, 6.07) is 19.8. The van der Waals surface area contributed by atoms with Gasteiger partial charge >= 0.3 is 5.97 Å². The maximum absolute atomic E-state index is 12.7. The highest BCUT2D eigenvalue weighted by Gasteiger charge is 2.33. The fourth-order valence-electron chi connectivity index (χ4n) is 3.88. The second-order valence-electron chi connectivity index (χ2n) is 8.06. The van der Waals surface area contributed by atoms with E-state index in [0.29, 0.717) is 23.7 Å². The lowest BCUT2D eigenvalue weighted by Crippen LogP contribution is -2.33. The fourth-order valence-corrected chi connectivity index (χ4v) is 3.88. The average molecular weight is 418 g/mol. The summed E-state index contributed by atoms with van der Waals surface area (Å²) in [5.41, 5.74) is 3.93. The molecule has 1 heterocycles. The van der Waals surface area contributed by atoms with Crippen molar-refractivity contribution in [1.82, 2.24) is 15.1 Å². The molecule has 1 aliphatic carbocycles. The van der Waals surface area contributed by atoms with Crippen molar-refractivity contribution in [3.8, 4) is 0 Å². The number of ether oxygens (including phenoxy) is 1. The van der Waals surface area contributed by atoms with E-state index in [9.17, 15) is 9.59 Å². The Morgan fingerprint density at radius 2 is 1.71 bits per heavy atom. The lowest BCUT2D eigenvalue weighted by Gasteiger charge is -2.18. The smallest absolute Gasteiger partial charge is 0.342 e. The van der Waals surface area contributed by atoms with E-state index < -0.39 is 5.97 Å². The molecule has 6 heteroatoms. The van der Waals surface area contributed by atoms with Crippen LogP contribution < -0.4 is 5.32 Å². The zero-order valence-corrected chi connectivity index (χ0v) is 17.9. The van der Waals surface area contributed by atoms with Crippen LogP contribution in [0.25, 0.3) is 0 Å². The number of aryl methyl sites for hydroxylation is 1. The Morgan fingerprint density at radius 1 is 1.06 bits per heavy atom. The second kappa shape index (κ2) is 9.16. The van der Waals surface area contributed by atoms with E-state index in [2.05, 4.69) is 10.4 Å². The summed E-state index contributed by atoms with van der Waals surface area (Å²) in [6.45, 7) is 3.89. The SMILES string of the molecule is Cc1nn(Cc2ccccc2)c(C)c1C(=O)OCC(=O)NC(c1ccccc1)C1CC1. The number of amides is 1. The van der Waals surface area contributed by atoms with Gasteiger partial charge in [0.1, 0.15) is 5.56 Å². The van der Waals surface area contributed by atoms with Crippen LogP contribution in [-0.4, -0.2) is 28.3 Å². The van der Waals surface area contributed by atoms with Gasteiger partial charge in [-0.2, -0.15) is 5.10 Å². The van der Waals surface area contributed by atoms with Gasteiger partial charge in [0, 0.05) is 0 Å². The topological polar surface area (TPSA) is 73.2 Å². The Labute approximate surface area is 182 Å². The molecule has 3 aromatic rings. The molecule has 1 unspecified atom stereocenters. The van der Waals surface area contributed by atoms with E-state index in [1.807, 2.05) is 67.6 Å². The molecule has 1 N–H and O–H groups in total. The summed E-state index contributed by atoms with van der Waals surface area (Å²) in [7, 11) is 0. The third-order valence-corrected chi connectivity index (χ3v) is 5.66. The molecule has 1 aliphatic rings. The highest BCUT2D eigenvalue weighted by atomic mass is 16.5. The average Bonchev–Trinajstić information content (AvgIpc) is 3.58. The standard InChI is InChI=1S/C25H27N3O3/c1-17-23(18(2)28(27-17)15-19-9-5-3-6-10-19)25(30)31-16-22(29)26-24(21-13-14-21)20-11-7-4-8-12-20/h3-12,21,24H,13-16H2,1-2H3,(H,26,29). The van der Waals surface area contributed by atoms with Crippen LogP contribution in [0.5, 0.6) is 0 Å². The van der Waals surface area contributed by atoms with Gasteiger partial charge in [0.2, 0.25) is 0 Å². The van der Waals surface area contributed by atoms with E-state index >= 15 is 0 Å². The molecule has 1 amide bonds. The van der Waals surface area contributed by atoms with E-state index in [1.165, 1.54) is 0 Å². The largest absolute Gasteiger partial charge is 0.452 e. The van der Waals surface area contributed by atoms with Crippen LogP contribution >= 0.6 is 0 Å². The highest BCUT2D eigenvalue weighted by molar-refractivity contribution is 5.93. The first-order valence-electron chi connectivity index (χ1n) is 10.6. The maximum Gasteiger partial charge on any atom is 0.342 e. The van der Waals surface area contributed by atoms with Crippen molar-refractivity contribution in [2.24, 2.45) is 5.92 Å². The van der Waals surface area contributed by atoms with E-state index in [1.54, 1.807) is 11.6 Å². The maximum atomic E-state index is 12.7. The summed E-state index contributed by atoms with van der Waals surface area (Å²) in [4.78, 5) is 25.2. The lowest BCUT2D eigenvalue weighted by molar-refractivity contribution is -0.125. The number of carbonyl (C=O) groups is 2. The number of aromatic nitrogens is 2. The molecule has 1 fully saturated rings. The van der Waals surface area contributed by atoms with Crippen LogP contribution in [0.4, 0.5) is 0 Å². The fraction of sp³-hybridized carbons (Fsp3) is 0.320. The second-order valence-corrected chi connectivity index (χ2v) is 8.06. The Morgan fingerprint density at radius 3 is 2.35 bits per heavy atom. The summed E-state index contributed by atoms with van der Waals surface area (Å²) in [5.74, 6) is -0.365. The molecule has 0 bridgehead atoms. The summed E-state index contributed by atoms with van der Waals surface area (Å²) in [6.07, 6.45) is 2.19. The minimum absolute atomic E-state index is 0.0375. The lowest BCUT2D eigenvalue weighted by atomic mass is 10.0. The van der Waals surface area contributed by atoms with Gasteiger partial charge in [0.25, 0.3) is 5.91 Å². The van der Waals surface area contributed by atoms with Gasteiger partial charge in [-0.3, -0.25) is 9.48 Å². The Bertz CT molecular complexity index is 1060. The Kier molecular flexibility index (Phi) is 6.16. The molecule has 1 aromatic heterocycles. The molecular weight excluding hydrogens is 390 g/mol. The molecule has 0 saturated heterocycles. The molecule has 0 radical (unpaired) electrons. The molecule has 4 rings (SSSR count). The molecule has 31 heavy (non-hydrogen) atoms. The number of nitrogens with zero attached hydrogens (tertiary/aromatic N) is 2. The van der Waals surface area contributed by atoms with Crippen molar-refractivity contribution in [2.45, 2.75) is 39.3 Å². The van der Waals surface area contributed by atoms with Crippen LogP contribution in [0, 0.1) is 19.8 Å². The van der Waals surface area contributed by atoms with Gasteiger partial charge in [-0.05, 0) is 43.7 Å². The van der Waals surface area contributed by atoms with Gasteiger partial charge in [-0.25, -0.2) is 4.79 Å². The molecule has 1 atom stereocenters. The number of hydrogen-bond acceptors (Lipinski definition) is 4. The molecule has 2 aromatic carbocycles. The predicted octanol–water partition coefficient (Wildman–Crippen LogP) is 3.97. The number of esters is 1. The quantitative estimate of drug-likeness (QED) is 0.563. The monoisotopic (exact) mass is 417 g/mol. The van der Waals surface area contributed by atoms with Crippen LogP contribution in [-0.2, 0) is 16.1 Å². The van der Waals surface area contributed by atoms with Crippen molar-refractivity contribution >= 4 is 11.9 Å². The van der Waals surface area contributed by atoms with Crippen molar-refractivity contribution in [3.63, 3.8) is 0 Å². The van der Waals surface area contributed by atoms with Crippen molar-refractivity contribution < 1.29 is 14.3 Å². The van der Waals surface area contributed by atoms with Gasteiger partial charge in [0.15, 0.2) is 6.61 Å². The van der Waals surface area contributed by atoms with Gasteiger partial charge < -0.3 is 10.1 Å². The number of rotatable bonds is 8. The molecular formula is C25H27N3O3. The van der Waals surface area contributed by atoms with Crippen molar-refractivity contribution in [1.29, 1.82) is 0 Å². The third kappa shape index (κ3) is 5.02. The Balaban J connectivity index is 1.38. The van der Waals surface area contributed by atoms with Crippen LogP contribution in [0.2, 0.25) is 0 Å². The number of benzene rings is 2. The number of hydrogen-bond donors (Lipinski definition) is 1. The molecule has 0 spiro atoms. The number of nitrogens with one attached hydrogen (secondary N) is 1. The van der Waals surface area contributed by atoms with E-state index in [-0.39, 0.29) is 18.6 Å². The summed E-state index contributed by atoms with van der Waals surface area (Å²) in [5, 5.41) is 7.52. The predicted molar refractivity (Wildman–Crippen MR) is 118 cm³/mol. The molecule has 0 aliphatic heterocycles.